The van der Waals surface area contributed by atoms with Crippen molar-refractivity contribution in [2.45, 2.75) is 39.1 Å². The molecular formula is C23H20F3N3O3. The summed E-state index contributed by atoms with van der Waals surface area (Å²) in [5.74, 6) is -1.11. The molecule has 3 aromatic rings. The summed E-state index contributed by atoms with van der Waals surface area (Å²) in [7, 11) is 0. The molecule has 0 radical (unpaired) electrons. The minimum Gasteiger partial charge on any atom is -0.455 e. The van der Waals surface area contributed by atoms with E-state index in [2.05, 4.69) is 4.98 Å². The summed E-state index contributed by atoms with van der Waals surface area (Å²) in [6.07, 6.45) is -3.00. The summed E-state index contributed by atoms with van der Waals surface area (Å²) in [5, 5.41) is 0. The number of carbonyl (C=O) groups excluding carboxylic acids is 2. The van der Waals surface area contributed by atoms with Gasteiger partial charge in [0.05, 0.1) is 29.2 Å². The summed E-state index contributed by atoms with van der Waals surface area (Å²) in [5.41, 5.74) is 0.251. The van der Waals surface area contributed by atoms with Gasteiger partial charge in [-0.1, -0.05) is 12.1 Å². The van der Waals surface area contributed by atoms with Crippen LogP contribution in [0.5, 0.6) is 0 Å². The van der Waals surface area contributed by atoms with E-state index >= 15 is 0 Å². The summed E-state index contributed by atoms with van der Waals surface area (Å²) in [6, 6.07) is 11.1. The fourth-order valence-corrected chi connectivity index (χ4v) is 3.50. The Hall–Kier alpha value is -3.62. The number of benzene rings is 2. The van der Waals surface area contributed by atoms with Gasteiger partial charge in [-0.25, -0.2) is 9.78 Å². The second-order valence-corrected chi connectivity index (χ2v) is 8.37. The van der Waals surface area contributed by atoms with Crippen LogP contribution in [-0.2, 0) is 17.5 Å². The Morgan fingerprint density at radius 3 is 2.19 bits per heavy atom. The quantitative estimate of drug-likeness (QED) is 0.523. The molecule has 1 aliphatic heterocycles. The molecule has 1 amide bonds. The number of esters is 1. The Bertz CT molecular complexity index is 1190. The third-order valence-corrected chi connectivity index (χ3v) is 4.90. The average molecular weight is 443 g/mol. The topological polar surface area (TPSA) is 64.4 Å². The van der Waals surface area contributed by atoms with Crippen LogP contribution in [0.1, 0.15) is 52.9 Å². The van der Waals surface area contributed by atoms with Crippen molar-refractivity contribution in [2.24, 2.45) is 0 Å². The van der Waals surface area contributed by atoms with Crippen LogP contribution in [0.2, 0.25) is 0 Å². The van der Waals surface area contributed by atoms with Crippen LogP contribution in [0.15, 0.2) is 54.9 Å². The van der Waals surface area contributed by atoms with Crippen LogP contribution in [0.3, 0.4) is 0 Å². The monoisotopic (exact) mass is 443 g/mol. The predicted octanol–water partition coefficient (Wildman–Crippen LogP) is 5.01. The third kappa shape index (κ3) is 3.98. The van der Waals surface area contributed by atoms with E-state index in [0.717, 1.165) is 24.3 Å². The van der Waals surface area contributed by atoms with Gasteiger partial charge >= 0.3 is 12.1 Å². The molecule has 1 aliphatic rings. The molecule has 0 unspecified atom stereocenters. The maximum atomic E-state index is 13.3. The molecule has 2 heterocycles. The van der Waals surface area contributed by atoms with Gasteiger partial charge < -0.3 is 9.64 Å². The van der Waals surface area contributed by atoms with Crippen molar-refractivity contribution in [1.82, 2.24) is 9.55 Å². The van der Waals surface area contributed by atoms with E-state index in [1.165, 1.54) is 11.2 Å². The fourth-order valence-electron chi connectivity index (χ4n) is 3.50. The van der Waals surface area contributed by atoms with E-state index in [0.29, 0.717) is 17.1 Å². The number of amides is 1. The Kier molecular flexibility index (Phi) is 5.07. The minimum absolute atomic E-state index is 0.00540. The number of carbonyl (C=O) groups is 2. The van der Waals surface area contributed by atoms with E-state index < -0.39 is 29.2 Å². The van der Waals surface area contributed by atoms with Crippen LogP contribution in [0.25, 0.3) is 5.69 Å². The second-order valence-electron chi connectivity index (χ2n) is 8.37. The standard InChI is InChI=1S/C23H20F3N3O3/c1-22(2,3)32-21(31)19-18-12-28(16-6-4-5-7-17(16)29(18)13-27-19)20(30)14-8-10-15(11-9-14)23(24,25)26/h4-11,13H,12H2,1-3H3. The number of hydrogen-bond donors (Lipinski definition) is 0. The Morgan fingerprint density at radius 2 is 1.59 bits per heavy atom. The number of ether oxygens (including phenoxy) is 1. The van der Waals surface area contributed by atoms with Gasteiger partial charge in [0.25, 0.3) is 5.91 Å². The van der Waals surface area contributed by atoms with Crippen LogP contribution in [0.4, 0.5) is 18.9 Å². The fraction of sp³-hybridized carbons (Fsp3) is 0.261. The number of anilines is 1. The SMILES string of the molecule is CC(C)(C)OC(=O)c1ncn2c1CN(C(=O)c1ccc(C(F)(F)F)cc1)c1ccccc1-2. The molecule has 0 saturated carbocycles. The van der Waals surface area contributed by atoms with E-state index in [4.69, 9.17) is 4.74 Å². The average Bonchev–Trinajstić information content (AvgIpc) is 3.15. The molecule has 166 valence electrons. The van der Waals surface area contributed by atoms with Gasteiger partial charge in [-0.2, -0.15) is 13.2 Å². The molecule has 9 heteroatoms. The van der Waals surface area contributed by atoms with Crippen molar-refractivity contribution >= 4 is 17.6 Å². The number of para-hydroxylation sites is 2. The van der Waals surface area contributed by atoms with Crippen molar-refractivity contribution in [3.63, 3.8) is 0 Å². The first-order valence-corrected chi connectivity index (χ1v) is 9.84. The first kappa shape index (κ1) is 21.6. The molecule has 32 heavy (non-hydrogen) atoms. The Labute approximate surface area is 182 Å². The maximum absolute atomic E-state index is 13.3. The highest BCUT2D eigenvalue weighted by molar-refractivity contribution is 6.07. The van der Waals surface area contributed by atoms with Gasteiger partial charge in [-0.15, -0.1) is 0 Å². The zero-order valence-corrected chi connectivity index (χ0v) is 17.6. The largest absolute Gasteiger partial charge is 0.455 e. The summed E-state index contributed by atoms with van der Waals surface area (Å²) in [6.45, 7) is 5.22. The molecule has 0 saturated heterocycles. The third-order valence-electron chi connectivity index (χ3n) is 4.90. The smallest absolute Gasteiger partial charge is 0.416 e. The van der Waals surface area contributed by atoms with Crippen molar-refractivity contribution in [3.05, 3.63) is 77.4 Å². The van der Waals surface area contributed by atoms with E-state index in [1.54, 1.807) is 49.6 Å². The highest BCUT2D eigenvalue weighted by atomic mass is 19.4. The number of hydrogen-bond acceptors (Lipinski definition) is 4. The number of fused-ring (bicyclic) bond motifs is 3. The lowest BCUT2D eigenvalue weighted by atomic mass is 10.1. The molecule has 2 aromatic carbocycles. The van der Waals surface area contributed by atoms with Crippen LogP contribution in [-0.4, -0.2) is 27.0 Å². The number of imidazole rings is 1. The van der Waals surface area contributed by atoms with Gasteiger partial charge in [0.1, 0.15) is 11.9 Å². The number of rotatable bonds is 2. The van der Waals surface area contributed by atoms with Gasteiger partial charge in [0.15, 0.2) is 5.69 Å². The van der Waals surface area contributed by atoms with Gasteiger partial charge in [-0.3, -0.25) is 9.36 Å². The summed E-state index contributed by atoms with van der Waals surface area (Å²) < 4.78 is 45.8. The molecule has 0 spiro atoms. The van der Waals surface area contributed by atoms with Crippen LogP contribution >= 0.6 is 0 Å². The maximum Gasteiger partial charge on any atom is 0.416 e. The van der Waals surface area contributed by atoms with Crippen molar-refractivity contribution in [3.8, 4) is 5.69 Å². The van der Waals surface area contributed by atoms with Gasteiger partial charge in [0.2, 0.25) is 0 Å². The molecule has 4 rings (SSSR count). The van der Waals surface area contributed by atoms with E-state index in [1.807, 2.05) is 0 Å². The zero-order chi connectivity index (χ0) is 23.3. The number of halogens is 3. The van der Waals surface area contributed by atoms with E-state index in [9.17, 15) is 22.8 Å². The lowest BCUT2D eigenvalue weighted by Gasteiger charge is -2.31. The molecule has 0 fully saturated rings. The highest BCUT2D eigenvalue weighted by Crippen LogP contribution is 2.35. The van der Waals surface area contributed by atoms with Crippen molar-refractivity contribution in [2.75, 3.05) is 4.90 Å². The minimum atomic E-state index is -4.49. The lowest BCUT2D eigenvalue weighted by molar-refractivity contribution is -0.137. The number of nitrogens with zero attached hydrogens (tertiary/aromatic N) is 3. The molecule has 1 aromatic heterocycles. The first-order chi connectivity index (χ1) is 15.0. The van der Waals surface area contributed by atoms with Gasteiger partial charge in [0, 0.05) is 5.56 Å². The van der Waals surface area contributed by atoms with Crippen molar-refractivity contribution < 1.29 is 27.5 Å². The van der Waals surface area contributed by atoms with E-state index in [-0.39, 0.29) is 17.8 Å². The molecule has 0 aliphatic carbocycles. The normalized spacial score (nSPS) is 13.4. The van der Waals surface area contributed by atoms with Crippen molar-refractivity contribution in [1.29, 1.82) is 0 Å². The first-order valence-electron chi connectivity index (χ1n) is 9.84. The molecule has 6 nitrogen and oxygen atoms in total. The molecule has 0 N–H and O–H groups in total. The predicted molar refractivity (Wildman–Crippen MR) is 111 cm³/mol. The number of alkyl halides is 3. The second kappa shape index (κ2) is 7.51. The Morgan fingerprint density at radius 1 is 0.969 bits per heavy atom. The summed E-state index contributed by atoms with van der Waals surface area (Å²) in [4.78, 5) is 31.6. The Balaban J connectivity index is 1.73. The molecule has 0 bridgehead atoms. The lowest BCUT2D eigenvalue weighted by Crippen LogP contribution is -2.36. The molecule has 0 atom stereocenters. The molecular weight excluding hydrogens is 423 g/mol. The zero-order valence-electron chi connectivity index (χ0n) is 17.6. The number of aromatic nitrogens is 2. The summed E-state index contributed by atoms with van der Waals surface area (Å²) >= 11 is 0. The van der Waals surface area contributed by atoms with Crippen LogP contribution in [0, 0.1) is 0 Å². The highest BCUT2D eigenvalue weighted by Gasteiger charge is 2.34. The van der Waals surface area contributed by atoms with Crippen LogP contribution < -0.4 is 4.90 Å². The van der Waals surface area contributed by atoms with Gasteiger partial charge in [-0.05, 0) is 57.2 Å².